The highest BCUT2D eigenvalue weighted by molar-refractivity contribution is 5.81. The Hall–Kier alpha value is -4.27. The van der Waals surface area contributed by atoms with Crippen LogP contribution in [-0.4, -0.2) is 36.3 Å². The molecule has 1 N–H and O–H groups in total. The van der Waals surface area contributed by atoms with E-state index in [0.717, 1.165) is 22.4 Å². The first-order valence-corrected chi connectivity index (χ1v) is 11.0. The topological polar surface area (TPSA) is 94.3 Å². The van der Waals surface area contributed by atoms with E-state index < -0.39 is 17.8 Å². The van der Waals surface area contributed by atoms with Gasteiger partial charge in [-0.25, -0.2) is 9.18 Å². The number of halogens is 1. The minimum absolute atomic E-state index is 0.125. The van der Waals surface area contributed by atoms with Crippen LogP contribution in [0.2, 0.25) is 0 Å². The van der Waals surface area contributed by atoms with Gasteiger partial charge in [0.25, 0.3) is 6.01 Å². The lowest BCUT2D eigenvalue weighted by Crippen LogP contribution is -2.46. The van der Waals surface area contributed by atoms with Gasteiger partial charge in [0, 0.05) is 24.6 Å². The lowest BCUT2D eigenvalue weighted by molar-refractivity contribution is -0.138. The third kappa shape index (κ3) is 4.32. The smallest absolute Gasteiger partial charge is 0.326 e. The Kier molecular flexibility index (Phi) is 5.90. The molecule has 1 aliphatic heterocycles. The molecule has 1 unspecified atom stereocenters. The van der Waals surface area contributed by atoms with Crippen LogP contribution in [0.5, 0.6) is 17.2 Å². The summed E-state index contributed by atoms with van der Waals surface area (Å²) in [5, 5.41) is 10.0. The van der Waals surface area contributed by atoms with Crippen molar-refractivity contribution in [1.29, 1.82) is 0 Å². The number of aliphatic carboxylic acids is 1. The van der Waals surface area contributed by atoms with Gasteiger partial charge in [-0.15, -0.1) is 0 Å². The molecular weight excluding hydrogens is 455 g/mol. The van der Waals surface area contributed by atoms with Crippen LogP contribution < -0.4 is 19.1 Å². The molecule has 9 heteroatoms. The molecule has 1 aliphatic rings. The first-order valence-electron chi connectivity index (χ1n) is 11.0. The summed E-state index contributed by atoms with van der Waals surface area (Å²) in [6.45, 7) is 0.499. The standard InChI is InChI=1S/C26H23FN2O6/c1-32-18-7-3-15(4-8-18)14-34-24-19-12-21(25(30)31)29(13-16(19)5-10-22(24)33-2)26-28-20-9-6-17(27)11-23(20)35-26/h3-11,21H,12-14H2,1-2H3,(H,30,31). The minimum Gasteiger partial charge on any atom is -0.497 e. The highest BCUT2D eigenvalue weighted by Crippen LogP contribution is 2.40. The molecule has 2 heterocycles. The van der Waals surface area contributed by atoms with Gasteiger partial charge in [0.1, 0.15) is 29.7 Å². The monoisotopic (exact) mass is 478 g/mol. The molecule has 180 valence electrons. The number of nitrogens with zero attached hydrogens (tertiary/aromatic N) is 2. The van der Waals surface area contributed by atoms with Crippen LogP contribution in [-0.2, 0) is 24.4 Å². The minimum atomic E-state index is -1.03. The maximum Gasteiger partial charge on any atom is 0.326 e. The molecule has 0 radical (unpaired) electrons. The van der Waals surface area contributed by atoms with Crippen LogP contribution in [0.1, 0.15) is 16.7 Å². The summed E-state index contributed by atoms with van der Waals surface area (Å²) in [4.78, 5) is 18.2. The van der Waals surface area contributed by atoms with Crippen molar-refractivity contribution in [2.75, 3.05) is 19.1 Å². The van der Waals surface area contributed by atoms with Gasteiger partial charge in [0.15, 0.2) is 17.1 Å². The number of carboxylic acid groups (broad SMARTS) is 1. The lowest BCUT2D eigenvalue weighted by Gasteiger charge is -2.34. The van der Waals surface area contributed by atoms with E-state index in [1.807, 2.05) is 30.3 Å². The Morgan fingerprint density at radius 3 is 2.66 bits per heavy atom. The third-order valence-electron chi connectivity index (χ3n) is 6.07. The fraction of sp³-hybridized carbons (Fsp3) is 0.231. The van der Waals surface area contributed by atoms with Gasteiger partial charge in [-0.3, -0.25) is 0 Å². The Balaban J connectivity index is 1.48. The van der Waals surface area contributed by atoms with Gasteiger partial charge in [-0.1, -0.05) is 18.2 Å². The Bertz CT molecular complexity index is 1380. The second-order valence-electron chi connectivity index (χ2n) is 8.17. The van der Waals surface area contributed by atoms with E-state index in [2.05, 4.69) is 4.98 Å². The number of methoxy groups -OCH3 is 2. The molecule has 0 saturated carbocycles. The second-order valence-corrected chi connectivity index (χ2v) is 8.17. The molecule has 0 amide bonds. The van der Waals surface area contributed by atoms with E-state index >= 15 is 0 Å². The normalized spacial score (nSPS) is 15.1. The summed E-state index contributed by atoms with van der Waals surface area (Å²) in [5.41, 5.74) is 3.25. The average Bonchev–Trinajstić information content (AvgIpc) is 3.29. The first kappa shape index (κ1) is 22.5. The number of aromatic nitrogens is 1. The molecule has 0 aliphatic carbocycles. The van der Waals surface area contributed by atoms with Gasteiger partial charge in [-0.2, -0.15) is 4.98 Å². The number of carbonyl (C=O) groups is 1. The summed E-state index contributed by atoms with van der Waals surface area (Å²) in [6.07, 6.45) is 0.146. The largest absolute Gasteiger partial charge is 0.497 e. The second kappa shape index (κ2) is 9.17. The number of carboxylic acids is 1. The summed E-state index contributed by atoms with van der Waals surface area (Å²) < 4.78 is 36.2. The molecule has 5 rings (SSSR count). The number of hydrogen-bond donors (Lipinski definition) is 1. The summed E-state index contributed by atoms with van der Waals surface area (Å²) in [6, 6.07) is 14.4. The Labute approximate surface area is 200 Å². The van der Waals surface area contributed by atoms with Gasteiger partial charge in [0.05, 0.1) is 14.2 Å². The molecule has 35 heavy (non-hydrogen) atoms. The number of benzene rings is 3. The summed E-state index contributed by atoms with van der Waals surface area (Å²) in [7, 11) is 3.15. The highest BCUT2D eigenvalue weighted by atomic mass is 19.1. The molecule has 1 atom stereocenters. The van der Waals surface area contributed by atoms with E-state index in [1.54, 1.807) is 25.2 Å². The predicted molar refractivity (Wildman–Crippen MR) is 126 cm³/mol. The van der Waals surface area contributed by atoms with Crippen molar-refractivity contribution in [3.8, 4) is 17.2 Å². The van der Waals surface area contributed by atoms with Crippen molar-refractivity contribution in [3.05, 3.63) is 77.1 Å². The van der Waals surface area contributed by atoms with E-state index in [0.29, 0.717) is 17.0 Å². The van der Waals surface area contributed by atoms with Crippen molar-refractivity contribution in [1.82, 2.24) is 4.98 Å². The van der Waals surface area contributed by atoms with Gasteiger partial charge in [0.2, 0.25) is 0 Å². The SMILES string of the molecule is COc1ccc(COc2c(OC)ccc3c2CC(C(=O)O)N(c2nc4ccc(F)cc4o2)C3)cc1. The zero-order chi connectivity index (χ0) is 24.5. The third-order valence-corrected chi connectivity index (χ3v) is 6.07. The number of rotatable bonds is 7. The van der Waals surface area contributed by atoms with Gasteiger partial charge < -0.3 is 28.6 Å². The molecule has 0 fully saturated rings. The quantitative estimate of drug-likeness (QED) is 0.413. The van der Waals surface area contributed by atoms with E-state index in [-0.39, 0.29) is 31.2 Å². The zero-order valence-electron chi connectivity index (χ0n) is 19.2. The number of oxazole rings is 1. The van der Waals surface area contributed by atoms with Crippen LogP contribution in [0.3, 0.4) is 0 Å². The van der Waals surface area contributed by atoms with Crippen molar-refractivity contribution < 1.29 is 32.9 Å². The van der Waals surface area contributed by atoms with Crippen LogP contribution in [0.25, 0.3) is 11.1 Å². The predicted octanol–water partition coefficient (Wildman–Crippen LogP) is 4.58. The van der Waals surface area contributed by atoms with Gasteiger partial charge in [-0.05, 0) is 41.5 Å². The fourth-order valence-corrected chi connectivity index (χ4v) is 4.24. The molecule has 1 aromatic heterocycles. The average molecular weight is 478 g/mol. The number of hydrogen-bond acceptors (Lipinski definition) is 7. The Morgan fingerprint density at radius 2 is 1.94 bits per heavy atom. The number of fused-ring (bicyclic) bond motifs is 2. The van der Waals surface area contributed by atoms with E-state index in [1.165, 1.54) is 18.2 Å². The van der Waals surface area contributed by atoms with Crippen molar-refractivity contribution in [2.45, 2.75) is 25.6 Å². The molecule has 8 nitrogen and oxygen atoms in total. The van der Waals surface area contributed by atoms with E-state index in [9.17, 15) is 14.3 Å². The molecule has 3 aromatic carbocycles. The Morgan fingerprint density at radius 1 is 1.14 bits per heavy atom. The number of ether oxygens (including phenoxy) is 3. The molecule has 4 aromatic rings. The molecule has 0 bridgehead atoms. The molecular formula is C26H23FN2O6. The maximum atomic E-state index is 13.6. The van der Waals surface area contributed by atoms with Crippen LogP contribution in [0.15, 0.2) is 59.0 Å². The summed E-state index contributed by atoms with van der Waals surface area (Å²) in [5.74, 6) is 0.283. The van der Waals surface area contributed by atoms with Gasteiger partial charge >= 0.3 is 5.97 Å². The lowest BCUT2D eigenvalue weighted by atomic mass is 9.93. The fourth-order valence-electron chi connectivity index (χ4n) is 4.24. The molecule has 0 saturated heterocycles. The van der Waals surface area contributed by atoms with Crippen LogP contribution in [0, 0.1) is 5.82 Å². The van der Waals surface area contributed by atoms with Crippen molar-refractivity contribution in [3.63, 3.8) is 0 Å². The van der Waals surface area contributed by atoms with E-state index in [4.69, 9.17) is 18.6 Å². The van der Waals surface area contributed by atoms with Crippen molar-refractivity contribution in [2.24, 2.45) is 0 Å². The zero-order valence-corrected chi connectivity index (χ0v) is 19.2. The first-order chi connectivity index (χ1) is 17.0. The highest BCUT2D eigenvalue weighted by Gasteiger charge is 2.36. The summed E-state index contributed by atoms with van der Waals surface area (Å²) >= 11 is 0. The van der Waals surface area contributed by atoms with Crippen molar-refractivity contribution >= 4 is 23.1 Å². The molecule has 0 spiro atoms. The van der Waals surface area contributed by atoms with Crippen LogP contribution in [0.4, 0.5) is 10.4 Å². The number of anilines is 1. The maximum absolute atomic E-state index is 13.6. The van der Waals surface area contributed by atoms with Crippen LogP contribution >= 0.6 is 0 Å².